The first-order valence-corrected chi connectivity index (χ1v) is 44.6. The van der Waals surface area contributed by atoms with Crippen LogP contribution in [0.3, 0.4) is 0 Å². The monoisotopic (exact) mass is 1780 g/mol. The number of likely N-dealkylation sites (N-methyl/N-ethyl adjacent to an activating group) is 1. The van der Waals surface area contributed by atoms with Crippen LogP contribution in [0.15, 0.2) is 111 Å². The molecule has 0 radical (unpaired) electrons. The molecule has 0 spiro atoms. The number of anilines is 4. The first-order chi connectivity index (χ1) is 62.8. The van der Waals surface area contributed by atoms with Gasteiger partial charge in [-0.2, -0.15) is 5.10 Å². The van der Waals surface area contributed by atoms with E-state index < -0.39 is 45.7 Å². The zero-order chi connectivity index (χ0) is 92.0. The number of methoxy groups -OCH3 is 1. The fraction of sp³-hybridized carbons (Fsp3) is 0.433. The quantitative estimate of drug-likeness (QED) is 0.0310. The number of aryl methyl sites for hydroxylation is 1. The first kappa shape index (κ1) is 90.1. The lowest BCUT2D eigenvalue weighted by Crippen LogP contribution is -2.36. The highest BCUT2D eigenvalue weighted by Crippen LogP contribution is 2.45. The van der Waals surface area contributed by atoms with Crippen molar-refractivity contribution in [1.29, 1.82) is 0 Å². The number of nitrogens with zero attached hydrogens (tertiary/aromatic N) is 21. The second kappa shape index (κ2) is 37.2. The van der Waals surface area contributed by atoms with Crippen molar-refractivity contribution in [3.8, 4) is 92.4 Å². The smallest absolute Gasteiger partial charge is 0.220 e. The van der Waals surface area contributed by atoms with Gasteiger partial charge in [-0.25, -0.2) is 77.4 Å². The number of hydrogen-bond donors (Lipinski definition) is 8. The van der Waals surface area contributed by atoms with E-state index in [1.807, 2.05) is 60.8 Å². The van der Waals surface area contributed by atoms with Crippen molar-refractivity contribution in [2.45, 2.75) is 165 Å². The molecular weight excluding hydrogens is 1670 g/mol. The van der Waals surface area contributed by atoms with E-state index in [9.17, 15) is 38.0 Å². The SMILES string of the molecule is CCN1CCC(n2cc(-c3nc(N)ncc3F)c3cc(C#CC(C)(O)C4CC4)ncc32)CC1.CN1CCC(n2cc(-c3nc(N)ncc3F)c3cc(C#CC(C)(O)C4CC4)ncc32)C1.COCCN1CCC(n2cc(-c3nc(N)ncc3F)c3cc(C#CC(C)(O)C4CC4)ncc32)CC1.Cn1cc(Cn2cc(-c3nc(N)ncc3F)c3cc(C#CC(C)(O)C4CC4)ncc32)cn1. The fourth-order valence-corrected chi connectivity index (χ4v) is 17.8. The number of aromatic nitrogens is 18. The molecule has 7 fully saturated rings. The van der Waals surface area contributed by atoms with Crippen molar-refractivity contribution in [2.24, 2.45) is 30.7 Å². The molecule has 131 heavy (non-hydrogen) atoms. The Hall–Kier alpha value is -12.9. The number of nitrogens with two attached hydrogens (primary N) is 4. The minimum Gasteiger partial charge on any atom is -0.383 e. The van der Waals surface area contributed by atoms with Gasteiger partial charge in [-0.05, 0) is 203 Å². The fourth-order valence-electron chi connectivity index (χ4n) is 17.8. The molecule has 678 valence electrons. The summed E-state index contributed by atoms with van der Waals surface area (Å²) in [7, 11) is 5.66. The van der Waals surface area contributed by atoms with Crippen LogP contribution in [0.4, 0.5) is 41.4 Å². The van der Waals surface area contributed by atoms with Crippen molar-refractivity contribution >= 4 is 67.4 Å². The minimum absolute atomic E-state index is 0.0101. The molecule has 5 unspecified atom stereocenters. The van der Waals surface area contributed by atoms with Gasteiger partial charge in [0, 0.05) is 152 Å². The van der Waals surface area contributed by atoms with Gasteiger partial charge in [-0.1, -0.05) is 30.6 Å². The topological polar surface area (TPSA) is 396 Å². The molecule has 20 rings (SSSR count). The van der Waals surface area contributed by atoms with E-state index in [1.54, 1.807) is 76.5 Å². The Bertz CT molecular complexity index is 6740. The van der Waals surface area contributed by atoms with Crippen LogP contribution in [-0.4, -0.2) is 219 Å². The van der Waals surface area contributed by atoms with Crippen molar-refractivity contribution < 1.29 is 42.7 Å². The zero-order valence-electron chi connectivity index (χ0n) is 74.6. The molecule has 0 amide bonds. The van der Waals surface area contributed by atoms with Crippen LogP contribution in [0.1, 0.15) is 165 Å². The molecule has 5 atom stereocenters. The average Bonchev–Trinajstić information content (AvgIpc) is 1.63. The molecule has 3 aliphatic heterocycles. The van der Waals surface area contributed by atoms with Crippen LogP contribution < -0.4 is 22.9 Å². The molecule has 12 N–H and O–H groups in total. The number of hydrogen-bond acceptors (Lipinski definition) is 25. The lowest BCUT2D eigenvalue weighted by molar-refractivity contribution is 0.0976. The summed E-state index contributed by atoms with van der Waals surface area (Å²) in [6.07, 6.45) is 35.6. The molecule has 0 bridgehead atoms. The summed E-state index contributed by atoms with van der Waals surface area (Å²) < 4.78 is 74.3. The third-order valence-corrected chi connectivity index (χ3v) is 26.1. The summed E-state index contributed by atoms with van der Waals surface area (Å²) in [5.74, 6) is 22.6. The van der Waals surface area contributed by atoms with Gasteiger partial charge in [-0.15, -0.1) is 0 Å². The molecule has 30 nitrogen and oxygen atoms in total. The van der Waals surface area contributed by atoms with Crippen LogP contribution in [0.5, 0.6) is 0 Å². The van der Waals surface area contributed by atoms with Gasteiger partial charge in [0.2, 0.25) is 23.8 Å². The second-order valence-electron chi connectivity index (χ2n) is 36.2. The summed E-state index contributed by atoms with van der Waals surface area (Å²) in [5.41, 5.74) is 28.6. The normalized spacial score (nSPS) is 18.6. The Kier molecular flexibility index (Phi) is 25.6. The number of nitrogen functional groups attached to an aromatic ring is 4. The van der Waals surface area contributed by atoms with Gasteiger partial charge >= 0.3 is 0 Å². The highest BCUT2D eigenvalue weighted by molar-refractivity contribution is 5.99. The summed E-state index contributed by atoms with van der Waals surface area (Å²) in [6.45, 7) is 18.2. The Balaban J connectivity index is 0.000000122. The number of ether oxygens (including phenoxy) is 1. The first-order valence-electron chi connectivity index (χ1n) is 44.6. The number of rotatable bonds is 17. The van der Waals surface area contributed by atoms with Gasteiger partial charge in [0.05, 0.1) is 91.0 Å². The highest BCUT2D eigenvalue weighted by Gasteiger charge is 2.42. The van der Waals surface area contributed by atoms with E-state index in [-0.39, 0.29) is 82.3 Å². The van der Waals surface area contributed by atoms with E-state index >= 15 is 0 Å². The molecule has 7 aliphatic rings. The molecule has 34 heteroatoms. The number of pyridine rings is 4. The largest absolute Gasteiger partial charge is 0.383 e. The van der Waals surface area contributed by atoms with Gasteiger partial charge in [0.25, 0.3) is 0 Å². The summed E-state index contributed by atoms with van der Waals surface area (Å²) >= 11 is 0. The average molecular weight is 1780 g/mol. The molecule has 16 heterocycles. The van der Waals surface area contributed by atoms with E-state index in [1.165, 1.54) is 0 Å². The van der Waals surface area contributed by atoms with Gasteiger partial charge < -0.3 is 81.1 Å². The third kappa shape index (κ3) is 20.5. The van der Waals surface area contributed by atoms with Crippen molar-refractivity contribution in [3.63, 3.8) is 0 Å². The zero-order valence-corrected chi connectivity index (χ0v) is 74.6. The molecule has 4 aliphatic carbocycles. The Morgan fingerprint density at radius 3 is 1.04 bits per heavy atom. The maximum absolute atomic E-state index is 14.8. The van der Waals surface area contributed by atoms with Crippen molar-refractivity contribution in [3.05, 3.63) is 163 Å². The lowest BCUT2D eigenvalue weighted by atomic mass is 10.0. The van der Waals surface area contributed by atoms with Gasteiger partial charge in [0.1, 0.15) is 68.0 Å². The van der Waals surface area contributed by atoms with E-state index in [0.717, 1.165) is 216 Å². The maximum Gasteiger partial charge on any atom is 0.220 e. The predicted octanol–water partition coefficient (Wildman–Crippen LogP) is 11.5. The number of likely N-dealkylation sites (tertiary alicyclic amines) is 3. The summed E-state index contributed by atoms with van der Waals surface area (Å²) in [6, 6.07) is 8.14. The van der Waals surface area contributed by atoms with Crippen LogP contribution in [0.25, 0.3) is 88.6 Å². The Morgan fingerprint density at radius 2 is 0.725 bits per heavy atom. The van der Waals surface area contributed by atoms with E-state index in [2.05, 4.69) is 155 Å². The summed E-state index contributed by atoms with van der Waals surface area (Å²) in [5, 5.41) is 49.5. The Morgan fingerprint density at radius 1 is 0.405 bits per heavy atom. The van der Waals surface area contributed by atoms with E-state index in [0.29, 0.717) is 57.6 Å². The predicted molar refractivity (Wildman–Crippen MR) is 492 cm³/mol. The Labute approximate surface area is 755 Å². The summed E-state index contributed by atoms with van der Waals surface area (Å²) in [4.78, 5) is 56.9. The third-order valence-electron chi connectivity index (χ3n) is 26.1. The van der Waals surface area contributed by atoms with Crippen molar-refractivity contribution in [1.82, 2.24) is 103 Å². The second-order valence-corrected chi connectivity index (χ2v) is 36.2. The molecule has 4 saturated carbocycles. The lowest BCUT2D eigenvalue weighted by Gasteiger charge is -2.32. The highest BCUT2D eigenvalue weighted by atomic mass is 19.1. The van der Waals surface area contributed by atoms with Gasteiger partial charge in [-0.3, -0.25) is 4.68 Å². The van der Waals surface area contributed by atoms with Crippen LogP contribution in [-0.2, 0) is 18.3 Å². The standard InChI is InChI=1S/C26H31FN6O2.C25H29FN6O.C23H22FN7O.C23H25FN6O/c1-26(34,17-3-4-17)8-5-18-13-20-21(24-22(27)14-30-25(28)31-24)16-33(23(20)15-29-18)19-6-9-32(10-7-19)11-12-35-2;1-3-31-10-7-18(8-11-31)32-15-20(23-21(26)13-29-24(27)30-23)19-12-17(28-14-22(19)32)6-9-25(2,33)16-4-5-16;1-23(32,15-3-4-15)6-5-16-7-17-18(21-19(24)9-27-22(25)29-21)13-31(20(17)10-26-16)12-14-8-28-30(2)11-14;1-23(31,14-3-4-14)7-5-15-9-17-18(21-19(24)10-27-22(25)28-21)13-30(20(17)11-26-15)16-6-8-29(2)12-16/h13-17,19,34H,3-4,6-7,9-12H2,1-2H3,(H2,28,30,31);12-16,18,33H,3-5,7-8,10-11H2,1-2H3,(H2,27,29,30);7-11,13,15,32H,3-4,12H2,1-2H3,(H2,25,27,29);9-11,13-14,16,31H,3-4,6,8,12H2,1-2H3,(H2,25,27,28). The molecule has 13 aromatic rings. The van der Waals surface area contributed by atoms with Crippen LogP contribution in [0, 0.1) is 94.3 Å². The molecular formula is C97H107F4N25O5. The maximum atomic E-state index is 14.8. The van der Waals surface area contributed by atoms with Crippen molar-refractivity contribution in [2.75, 3.05) is 96.1 Å². The van der Waals surface area contributed by atoms with E-state index in [4.69, 9.17) is 27.7 Å². The number of halogens is 4. The van der Waals surface area contributed by atoms with Crippen LogP contribution >= 0.6 is 0 Å². The van der Waals surface area contributed by atoms with Crippen LogP contribution in [0.2, 0.25) is 0 Å². The van der Waals surface area contributed by atoms with Gasteiger partial charge in [0.15, 0.2) is 23.3 Å². The molecule has 13 aromatic heterocycles. The number of fused-ring (bicyclic) bond motifs is 4. The minimum atomic E-state index is -1.04. The number of aliphatic hydroxyl groups is 4. The molecule has 3 saturated heterocycles. The molecule has 0 aromatic carbocycles. The number of piperidine rings is 2.